The normalized spacial score (nSPS) is 25.9. The first kappa shape index (κ1) is 18.7. The van der Waals surface area contributed by atoms with Crippen molar-refractivity contribution in [2.24, 2.45) is 10.5 Å². The van der Waals surface area contributed by atoms with Gasteiger partial charge in [0, 0.05) is 11.3 Å². The molecule has 0 amide bonds. The van der Waals surface area contributed by atoms with Crippen molar-refractivity contribution in [1.29, 1.82) is 0 Å². The predicted molar refractivity (Wildman–Crippen MR) is 78.9 cm³/mol. The van der Waals surface area contributed by atoms with Crippen LogP contribution >= 0.6 is 0 Å². The molecule has 0 aliphatic carbocycles. The van der Waals surface area contributed by atoms with Crippen molar-refractivity contribution in [3.05, 3.63) is 10.4 Å². The molecule has 1 rings (SSSR count). The zero-order valence-electron chi connectivity index (χ0n) is 13.8. The highest BCUT2D eigenvalue weighted by atomic mass is 16.7. The lowest BCUT2D eigenvalue weighted by atomic mass is 9.97. The lowest BCUT2D eigenvalue weighted by Crippen LogP contribution is -2.49. The number of aliphatic hydroxyl groups is 1. The van der Waals surface area contributed by atoms with Gasteiger partial charge in [0.05, 0.1) is 30.8 Å². The van der Waals surface area contributed by atoms with E-state index in [-0.39, 0.29) is 19.6 Å². The van der Waals surface area contributed by atoms with Gasteiger partial charge >= 0.3 is 5.97 Å². The molecule has 0 unspecified atom stereocenters. The molecule has 0 aromatic carbocycles. The van der Waals surface area contributed by atoms with E-state index in [1.807, 2.05) is 0 Å². The van der Waals surface area contributed by atoms with Gasteiger partial charge in [-0.3, -0.25) is 4.79 Å². The molecular formula is C14H25N3O5. The smallest absolute Gasteiger partial charge is 0.311 e. The molecule has 0 bridgehead atoms. The van der Waals surface area contributed by atoms with Gasteiger partial charge in [0.1, 0.15) is 6.10 Å². The fourth-order valence-corrected chi connectivity index (χ4v) is 2.00. The highest BCUT2D eigenvalue weighted by molar-refractivity contribution is 5.75. The summed E-state index contributed by atoms with van der Waals surface area (Å²) in [6, 6.07) is -0.527. The standard InChI is InChI=1S/C14H25N3O5/c1-13(2,3)12(19)21-9(7-18)6-11-10(16-17-15)8-20-14(4,5)22-11/h9-11,18H,6-8H2,1-5H3/t9-,10+,11+/m0/s1. The van der Waals surface area contributed by atoms with Crippen LogP contribution in [0.25, 0.3) is 10.4 Å². The minimum absolute atomic E-state index is 0.215. The minimum Gasteiger partial charge on any atom is -0.459 e. The number of carbonyl (C=O) groups is 1. The highest BCUT2D eigenvalue weighted by Crippen LogP contribution is 2.28. The Kier molecular flexibility index (Phi) is 6.19. The molecule has 0 saturated carbocycles. The van der Waals surface area contributed by atoms with Gasteiger partial charge in [-0.2, -0.15) is 0 Å². The summed E-state index contributed by atoms with van der Waals surface area (Å²) in [4.78, 5) is 14.7. The van der Waals surface area contributed by atoms with Crippen molar-refractivity contribution in [2.45, 2.75) is 65.1 Å². The van der Waals surface area contributed by atoms with E-state index in [1.165, 1.54) is 0 Å². The molecule has 1 fully saturated rings. The van der Waals surface area contributed by atoms with E-state index >= 15 is 0 Å². The van der Waals surface area contributed by atoms with Gasteiger partial charge in [0.25, 0.3) is 0 Å². The van der Waals surface area contributed by atoms with Gasteiger partial charge in [0.15, 0.2) is 5.79 Å². The highest BCUT2D eigenvalue weighted by Gasteiger charge is 2.38. The largest absolute Gasteiger partial charge is 0.459 e. The molecule has 8 nitrogen and oxygen atoms in total. The van der Waals surface area contributed by atoms with Crippen molar-refractivity contribution < 1.29 is 24.1 Å². The number of nitrogens with zero attached hydrogens (tertiary/aromatic N) is 3. The number of hydrogen-bond donors (Lipinski definition) is 1. The van der Waals surface area contributed by atoms with Crippen molar-refractivity contribution >= 4 is 5.97 Å². The first-order chi connectivity index (χ1) is 10.1. The first-order valence-corrected chi connectivity index (χ1v) is 7.27. The zero-order chi connectivity index (χ0) is 17.0. The van der Waals surface area contributed by atoms with Crippen LogP contribution in [0.15, 0.2) is 5.11 Å². The number of ether oxygens (including phenoxy) is 3. The van der Waals surface area contributed by atoms with Gasteiger partial charge in [0.2, 0.25) is 0 Å². The molecule has 126 valence electrons. The molecule has 0 aromatic rings. The molecule has 0 radical (unpaired) electrons. The Bertz CT molecular complexity index is 440. The maximum absolute atomic E-state index is 11.9. The molecule has 1 saturated heterocycles. The fourth-order valence-electron chi connectivity index (χ4n) is 2.00. The van der Waals surface area contributed by atoms with E-state index in [2.05, 4.69) is 10.0 Å². The van der Waals surface area contributed by atoms with Crippen LogP contribution in [0.1, 0.15) is 41.0 Å². The third-order valence-corrected chi connectivity index (χ3v) is 3.25. The van der Waals surface area contributed by atoms with Gasteiger partial charge in [-0.05, 0) is 40.1 Å². The Hall–Kier alpha value is -1.34. The van der Waals surface area contributed by atoms with E-state index in [1.54, 1.807) is 34.6 Å². The van der Waals surface area contributed by atoms with Crippen LogP contribution < -0.4 is 0 Å². The molecule has 1 heterocycles. The molecular weight excluding hydrogens is 290 g/mol. The van der Waals surface area contributed by atoms with E-state index in [9.17, 15) is 9.90 Å². The van der Waals surface area contributed by atoms with Crippen LogP contribution in [0.2, 0.25) is 0 Å². The minimum atomic E-state index is -0.819. The summed E-state index contributed by atoms with van der Waals surface area (Å²) in [6.07, 6.45) is -0.985. The van der Waals surface area contributed by atoms with E-state index in [4.69, 9.17) is 19.7 Å². The Morgan fingerprint density at radius 2 is 2.18 bits per heavy atom. The number of carbonyl (C=O) groups excluding carboxylic acids is 1. The van der Waals surface area contributed by atoms with Gasteiger partial charge in [-0.15, -0.1) is 0 Å². The maximum atomic E-state index is 11.9. The molecule has 1 aliphatic heterocycles. The molecule has 1 N–H and O–H groups in total. The second-order valence-corrected chi connectivity index (χ2v) is 6.83. The van der Waals surface area contributed by atoms with Crippen molar-refractivity contribution in [3.8, 4) is 0 Å². The van der Waals surface area contributed by atoms with Crippen LogP contribution in [0, 0.1) is 5.41 Å². The Balaban J connectivity index is 2.77. The average molecular weight is 315 g/mol. The summed E-state index contributed by atoms with van der Waals surface area (Å²) in [5.41, 5.74) is 7.96. The molecule has 0 spiro atoms. The molecule has 8 heteroatoms. The Morgan fingerprint density at radius 1 is 1.55 bits per heavy atom. The molecule has 0 aromatic heterocycles. The topological polar surface area (TPSA) is 114 Å². The summed E-state index contributed by atoms with van der Waals surface area (Å²) in [5, 5.41) is 13.1. The predicted octanol–water partition coefficient (Wildman–Crippen LogP) is 2.16. The van der Waals surface area contributed by atoms with Crippen molar-refractivity contribution in [1.82, 2.24) is 0 Å². The van der Waals surface area contributed by atoms with Gasteiger partial charge in [-0.1, -0.05) is 5.11 Å². The quantitative estimate of drug-likeness (QED) is 0.361. The van der Waals surface area contributed by atoms with Gasteiger partial charge < -0.3 is 19.3 Å². The Labute approximate surface area is 130 Å². The van der Waals surface area contributed by atoms with Crippen LogP contribution in [0.4, 0.5) is 0 Å². The van der Waals surface area contributed by atoms with E-state index < -0.39 is 35.4 Å². The zero-order valence-corrected chi connectivity index (χ0v) is 13.8. The van der Waals surface area contributed by atoms with Gasteiger partial charge in [-0.25, -0.2) is 0 Å². The fraction of sp³-hybridized carbons (Fsp3) is 0.929. The number of esters is 1. The second kappa shape index (κ2) is 7.28. The van der Waals surface area contributed by atoms with Crippen molar-refractivity contribution in [3.63, 3.8) is 0 Å². The summed E-state index contributed by atoms with van der Waals surface area (Å²) < 4.78 is 16.5. The SMILES string of the molecule is CC1(C)OC[C@@H](N=[N+]=[N-])[C@@H](C[C@@H](CO)OC(=O)C(C)(C)C)O1. The monoisotopic (exact) mass is 315 g/mol. The van der Waals surface area contributed by atoms with E-state index in [0.29, 0.717) is 0 Å². The third-order valence-electron chi connectivity index (χ3n) is 3.25. The van der Waals surface area contributed by atoms with Crippen molar-refractivity contribution in [2.75, 3.05) is 13.2 Å². The number of aliphatic hydroxyl groups excluding tert-OH is 1. The number of azide groups is 1. The van der Waals surface area contributed by atoms with E-state index in [0.717, 1.165) is 0 Å². The molecule has 3 atom stereocenters. The average Bonchev–Trinajstić information content (AvgIpc) is 2.39. The lowest BCUT2D eigenvalue weighted by molar-refractivity contribution is -0.283. The first-order valence-electron chi connectivity index (χ1n) is 7.27. The Morgan fingerprint density at radius 3 is 2.68 bits per heavy atom. The van der Waals surface area contributed by atoms with Crippen LogP contribution in [-0.2, 0) is 19.0 Å². The summed E-state index contributed by atoms with van der Waals surface area (Å²) in [7, 11) is 0. The van der Waals surface area contributed by atoms with Crippen LogP contribution in [0.5, 0.6) is 0 Å². The number of hydrogen-bond acceptors (Lipinski definition) is 6. The lowest BCUT2D eigenvalue weighted by Gasteiger charge is -2.40. The number of rotatable bonds is 5. The summed E-state index contributed by atoms with van der Waals surface area (Å²) in [6.45, 7) is 8.60. The molecule has 22 heavy (non-hydrogen) atoms. The summed E-state index contributed by atoms with van der Waals surface area (Å²) in [5.74, 6) is -1.22. The third kappa shape index (κ3) is 5.46. The molecule has 1 aliphatic rings. The van der Waals surface area contributed by atoms with Crippen LogP contribution in [-0.4, -0.2) is 48.3 Å². The summed E-state index contributed by atoms with van der Waals surface area (Å²) >= 11 is 0. The van der Waals surface area contributed by atoms with Crippen LogP contribution in [0.3, 0.4) is 0 Å². The second-order valence-electron chi connectivity index (χ2n) is 6.83. The maximum Gasteiger partial charge on any atom is 0.311 e.